The van der Waals surface area contributed by atoms with Crippen molar-refractivity contribution in [1.82, 2.24) is 15.1 Å². The summed E-state index contributed by atoms with van der Waals surface area (Å²) in [5, 5.41) is 2.27. The van der Waals surface area contributed by atoms with Crippen molar-refractivity contribution >= 4 is 46.7 Å². The maximum Gasteiger partial charge on any atom is 0.293 e. The van der Waals surface area contributed by atoms with E-state index in [0.29, 0.717) is 4.91 Å². The number of fused-ring (bicyclic) bond motifs is 1. The van der Waals surface area contributed by atoms with Crippen LogP contribution < -0.4 is 5.32 Å². The van der Waals surface area contributed by atoms with E-state index in [2.05, 4.69) is 5.32 Å². The fourth-order valence-corrected chi connectivity index (χ4v) is 4.83. The lowest BCUT2D eigenvalue weighted by Crippen LogP contribution is -2.53. The van der Waals surface area contributed by atoms with Crippen LogP contribution in [0.5, 0.6) is 0 Å². The monoisotopic (exact) mass is 477 g/mol. The molecule has 2 aliphatic rings. The molecular formula is C25H23N3O5S. The second-order valence-corrected chi connectivity index (χ2v) is 9.24. The summed E-state index contributed by atoms with van der Waals surface area (Å²) in [6.07, 6.45) is 1.65. The number of thioether (sulfide) groups is 1. The molecule has 2 aromatic rings. The van der Waals surface area contributed by atoms with Crippen molar-refractivity contribution in [3.63, 3.8) is 0 Å². The molecule has 1 fully saturated rings. The Kier molecular flexibility index (Phi) is 6.65. The van der Waals surface area contributed by atoms with Gasteiger partial charge in [0.15, 0.2) is 0 Å². The van der Waals surface area contributed by atoms with Crippen LogP contribution >= 0.6 is 11.8 Å². The van der Waals surface area contributed by atoms with Crippen molar-refractivity contribution in [2.45, 2.75) is 19.9 Å². The molecule has 2 aliphatic heterocycles. The molecule has 1 N–H and O–H groups in total. The predicted octanol–water partition coefficient (Wildman–Crippen LogP) is 3.16. The number of benzene rings is 2. The second-order valence-electron chi connectivity index (χ2n) is 8.25. The van der Waals surface area contributed by atoms with Gasteiger partial charge < -0.3 is 5.32 Å². The average molecular weight is 478 g/mol. The molecule has 0 aliphatic carbocycles. The molecule has 2 heterocycles. The van der Waals surface area contributed by atoms with E-state index in [1.54, 1.807) is 44.2 Å². The SMILES string of the molecule is CC(C)[C@@H](C(=O)NCCN1C(=O)S/C(=C\c2ccccc2)C1=O)N1C(=O)c2ccccc2C1=O. The van der Waals surface area contributed by atoms with Gasteiger partial charge in [0.2, 0.25) is 5.91 Å². The number of amides is 5. The van der Waals surface area contributed by atoms with Crippen LogP contribution in [0.15, 0.2) is 59.5 Å². The standard InChI is InChI=1S/C25H23N3O5S/c1-15(2)20(28-22(30)17-10-6-7-11-18(17)23(28)31)21(29)26-12-13-27-24(32)19(34-25(27)33)14-16-8-4-3-5-9-16/h3-11,14-15,20H,12-13H2,1-2H3,(H,26,29)/b19-14-/t20-/m0/s1. The van der Waals surface area contributed by atoms with Gasteiger partial charge in [0.25, 0.3) is 23.0 Å². The molecule has 0 spiro atoms. The zero-order valence-electron chi connectivity index (χ0n) is 18.7. The number of nitrogens with zero attached hydrogens (tertiary/aromatic N) is 2. The molecule has 0 unspecified atom stereocenters. The Morgan fingerprint density at radius 2 is 1.50 bits per heavy atom. The van der Waals surface area contributed by atoms with Crippen molar-refractivity contribution < 1.29 is 24.0 Å². The lowest BCUT2D eigenvalue weighted by atomic mass is 10.0. The highest BCUT2D eigenvalue weighted by atomic mass is 32.2. The van der Waals surface area contributed by atoms with E-state index in [4.69, 9.17) is 0 Å². The van der Waals surface area contributed by atoms with Crippen LogP contribution in [0, 0.1) is 5.92 Å². The molecule has 2 aromatic carbocycles. The minimum Gasteiger partial charge on any atom is -0.352 e. The summed E-state index contributed by atoms with van der Waals surface area (Å²) in [7, 11) is 0. The maximum atomic E-state index is 13.0. The molecule has 5 amide bonds. The molecule has 0 radical (unpaired) electrons. The summed E-state index contributed by atoms with van der Waals surface area (Å²) in [5.41, 5.74) is 1.35. The quantitative estimate of drug-likeness (QED) is 0.485. The number of carbonyl (C=O) groups excluding carboxylic acids is 5. The molecule has 0 bridgehead atoms. The van der Waals surface area contributed by atoms with Crippen molar-refractivity contribution in [3.05, 3.63) is 76.2 Å². The summed E-state index contributed by atoms with van der Waals surface area (Å²) in [6.45, 7) is 3.48. The molecule has 34 heavy (non-hydrogen) atoms. The van der Waals surface area contributed by atoms with Gasteiger partial charge >= 0.3 is 0 Å². The zero-order chi connectivity index (χ0) is 24.4. The van der Waals surface area contributed by atoms with E-state index in [-0.39, 0.29) is 30.1 Å². The minimum atomic E-state index is -1.01. The highest BCUT2D eigenvalue weighted by Crippen LogP contribution is 2.32. The van der Waals surface area contributed by atoms with Crippen molar-refractivity contribution in [3.8, 4) is 0 Å². The van der Waals surface area contributed by atoms with Gasteiger partial charge in [0.05, 0.1) is 16.0 Å². The van der Waals surface area contributed by atoms with E-state index in [1.807, 2.05) is 30.3 Å². The van der Waals surface area contributed by atoms with Gasteiger partial charge in [-0.1, -0.05) is 56.3 Å². The lowest BCUT2D eigenvalue weighted by molar-refractivity contribution is -0.127. The third kappa shape index (κ3) is 4.38. The molecule has 174 valence electrons. The largest absolute Gasteiger partial charge is 0.352 e. The van der Waals surface area contributed by atoms with Crippen LogP contribution in [0.2, 0.25) is 0 Å². The molecule has 1 saturated heterocycles. The molecule has 4 rings (SSSR count). The van der Waals surface area contributed by atoms with E-state index < -0.39 is 34.9 Å². The van der Waals surface area contributed by atoms with Gasteiger partial charge in [-0.05, 0) is 41.5 Å². The normalized spacial score (nSPS) is 17.7. The number of imide groups is 2. The Morgan fingerprint density at radius 3 is 2.09 bits per heavy atom. The first-order valence-electron chi connectivity index (χ1n) is 10.8. The van der Waals surface area contributed by atoms with Gasteiger partial charge in [-0.25, -0.2) is 0 Å². The Hall–Kier alpha value is -3.72. The molecule has 9 heteroatoms. The molecule has 1 atom stereocenters. The van der Waals surface area contributed by atoms with Crippen LogP contribution in [-0.4, -0.2) is 57.8 Å². The third-order valence-electron chi connectivity index (χ3n) is 5.61. The van der Waals surface area contributed by atoms with Gasteiger partial charge in [0, 0.05) is 13.1 Å². The Balaban J connectivity index is 1.40. The first-order valence-corrected chi connectivity index (χ1v) is 11.7. The molecular weight excluding hydrogens is 454 g/mol. The van der Waals surface area contributed by atoms with E-state index in [9.17, 15) is 24.0 Å². The van der Waals surface area contributed by atoms with Gasteiger partial charge in [-0.3, -0.25) is 33.8 Å². The summed E-state index contributed by atoms with van der Waals surface area (Å²) in [5.74, 6) is -2.30. The number of nitrogens with one attached hydrogen (secondary N) is 1. The fourth-order valence-electron chi connectivity index (χ4n) is 3.97. The summed E-state index contributed by atoms with van der Waals surface area (Å²) in [4.78, 5) is 66.0. The highest BCUT2D eigenvalue weighted by Gasteiger charge is 2.44. The molecule has 0 saturated carbocycles. The van der Waals surface area contributed by atoms with Gasteiger partial charge in [0.1, 0.15) is 6.04 Å². The van der Waals surface area contributed by atoms with Crippen molar-refractivity contribution in [1.29, 1.82) is 0 Å². The number of hydrogen-bond donors (Lipinski definition) is 1. The minimum absolute atomic E-state index is 0.00186. The fraction of sp³-hybridized carbons (Fsp3) is 0.240. The van der Waals surface area contributed by atoms with Crippen LogP contribution in [-0.2, 0) is 9.59 Å². The molecule has 0 aromatic heterocycles. The predicted molar refractivity (Wildman–Crippen MR) is 128 cm³/mol. The Bertz CT molecular complexity index is 1170. The number of rotatable bonds is 7. The van der Waals surface area contributed by atoms with Gasteiger partial charge in [-0.2, -0.15) is 0 Å². The maximum absolute atomic E-state index is 13.0. The first-order chi connectivity index (χ1) is 16.3. The average Bonchev–Trinajstić information content (AvgIpc) is 3.22. The molecule has 8 nitrogen and oxygen atoms in total. The third-order valence-corrected chi connectivity index (χ3v) is 6.52. The smallest absolute Gasteiger partial charge is 0.293 e. The summed E-state index contributed by atoms with van der Waals surface area (Å²) < 4.78 is 0. The van der Waals surface area contributed by atoms with E-state index in [1.165, 1.54) is 0 Å². The van der Waals surface area contributed by atoms with Crippen LogP contribution in [0.1, 0.15) is 40.1 Å². The van der Waals surface area contributed by atoms with Crippen molar-refractivity contribution in [2.75, 3.05) is 13.1 Å². The first kappa shape index (κ1) is 23.4. The topological polar surface area (TPSA) is 104 Å². The number of hydrogen-bond acceptors (Lipinski definition) is 6. The van der Waals surface area contributed by atoms with Crippen LogP contribution in [0.4, 0.5) is 4.79 Å². The summed E-state index contributed by atoms with van der Waals surface area (Å²) in [6, 6.07) is 14.6. The van der Waals surface area contributed by atoms with Crippen LogP contribution in [0.25, 0.3) is 6.08 Å². The Labute approximate surface area is 201 Å². The zero-order valence-corrected chi connectivity index (χ0v) is 19.5. The van der Waals surface area contributed by atoms with E-state index >= 15 is 0 Å². The second kappa shape index (κ2) is 9.64. The lowest BCUT2D eigenvalue weighted by Gasteiger charge is -2.28. The van der Waals surface area contributed by atoms with Crippen LogP contribution in [0.3, 0.4) is 0 Å². The Morgan fingerprint density at radius 1 is 0.912 bits per heavy atom. The van der Waals surface area contributed by atoms with Crippen molar-refractivity contribution in [2.24, 2.45) is 5.92 Å². The van der Waals surface area contributed by atoms with Gasteiger partial charge in [-0.15, -0.1) is 0 Å². The number of carbonyl (C=O) groups is 5. The summed E-state index contributed by atoms with van der Waals surface area (Å²) >= 11 is 0.849. The highest BCUT2D eigenvalue weighted by molar-refractivity contribution is 8.18. The van der Waals surface area contributed by atoms with E-state index in [0.717, 1.165) is 27.1 Å².